The fraction of sp³-hybridized carbons (Fsp3) is 0.333. The first-order chi connectivity index (χ1) is 13.6. The molecule has 0 saturated carbocycles. The molecule has 6 nitrogen and oxygen atoms in total. The van der Waals surface area contributed by atoms with Crippen molar-refractivity contribution in [3.63, 3.8) is 0 Å². The van der Waals surface area contributed by atoms with Gasteiger partial charge >= 0.3 is 5.76 Å². The first-order valence-corrected chi connectivity index (χ1v) is 9.43. The van der Waals surface area contributed by atoms with Crippen molar-refractivity contribution in [2.75, 3.05) is 26.2 Å². The molecule has 1 aromatic heterocycles. The number of oxazole rings is 1. The van der Waals surface area contributed by atoms with E-state index in [1.807, 2.05) is 6.07 Å². The van der Waals surface area contributed by atoms with Crippen molar-refractivity contribution in [1.29, 1.82) is 0 Å². The van der Waals surface area contributed by atoms with Gasteiger partial charge in [0.25, 0.3) is 0 Å². The van der Waals surface area contributed by atoms with Crippen LogP contribution < -0.4 is 5.76 Å². The summed E-state index contributed by atoms with van der Waals surface area (Å²) in [4.78, 5) is 28.9. The van der Waals surface area contributed by atoms with E-state index < -0.39 is 5.76 Å². The number of fused-ring (bicyclic) bond motifs is 1. The number of rotatable bonds is 4. The van der Waals surface area contributed by atoms with E-state index >= 15 is 0 Å². The Morgan fingerprint density at radius 2 is 1.79 bits per heavy atom. The zero-order valence-electron chi connectivity index (χ0n) is 15.5. The van der Waals surface area contributed by atoms with Crippen LogP contribution in [0.3, 0.4) is 0 Å². The number of para-hydroxylation sites is 2. The Morgan fingerprint density at radius 3 is 2.61 bits per heavy atom. The number of aromatic nitrogens is 1. The number of carbonyl (C=O) groups is 1. The number of nitrogens with zero attached hydrogens (tertiary/aromatic N) is 3. The highest BCUT2D eigenvalue weighted by Crippen LogP contribution is 2.13. The first kappa shape index (κ1) is 18.4. The molecule has 1 aliphatic heterocycles. The van der Waals surface area contributed by atoms with E-state index in [1.165, 1.54) is 16.7 Å². The molecule has 1 amide bonds. The molecule has 3 aromatic rings. The van der Waals surface area contributed by atoms with Gasteiger partial charge in [-0.25, -0.2) is 9.18 Å². The molecule has 7 heteroatoms. The highest BCUT2D eigenvalue weighted by molar-refractivity contribution is 5.79. The molecular formula is C21H22FN3O3. The zero-order chi connectivity index (χ0) is 19.5. The van der Waals surface area contributed by atoms with Crippen LogP contribution in [0.4, 0.5) is 4.39 Å². The molecule has 2 aromatic carbocycles. The van der Waals surface area contributed by atoms with Crippen LogP contribution >= 0.6 is 0 Å². The summed E-state index contributed by atoms with van der Waals surface area (Å²) in [6, 6.07) is 13.6. The van der Waals surface area contributed by atoms with Crippen LogP contribution in [0.15, 0.2) is 57.7 Å². The molecule has 1 saturated heterocycles. The van der Waals surface area contributed by atoms with Crippen LogP contribution in [0.2, 0.25) is 0 Å². The SMILES string of the molecule is O=C(Cn1c(=O)oc2ccccc21)N1CCCN(Cc2ccc(F)cc2)CC1. The third-order valence-corrected chi connectivity index (χ3v) is 5.13. The van der Waals surface area contributed by atoms with E-state index in [-0.39, 0.29) is 18.3 Å². The van der Waals surface area contributed by atoms with Gasteiger partial charge in [-0.1, -0.05) is 24.3 Å². The summed E-state index contributed by atoms with van der Waals surface area (Å²) in [6.45, 7) is 3.58. The van der Waals surface area contributed by atoms with Crippen molar-refractivity contribution in [2.45, 2.75) is 19.5 Å². The smallest absolute Gasteiger partial charge is 0.408 e. The van der Waals surface area contributed by atoms with Gasteiger partial charge in [-0.05, 0) is 36.2 Å². The summed E-state index contributed by atoms with van der Waals surface area (Å²) >= 11 is 0. The first-order valence-electron chi connectivity index (χ1n) is 9.43. The molecule has 28 heavy (non-hydrogen) atoms. The molecular weight excluding hydrogens is 361 g/mol. The molecule has 0 unspecified atom stereocenters. The molecule has 146 valence electrons. The Morgan fingerprint density at radius 1 is 1.00 bits per heavy atom. The lowest BCUT2D eigenvalue weighted by molar-refractivity contribution is -0.131. The largest absolute Gasteiger partial charge is 0.420 e. The van der Waals surface area contributed by atoms with Gasteiger partial charge in [0.2, 0.25) is 5.91 Å². The second-order valence-electron chi connectivity index (χ2n) is 7.06. The van der Waals surface area contributed by atoms with Gasteiger partial charge in [-0.3, -0.25) is 14.3 Å². The summed E-state index contributed by atoms with van der Waals surface area (Å²) in [5.41, 5.74) is 2.17. The molecule has 0 aliphatic carbocycles. The number of benzene rings is 2. The molecule has 0 atom stereocenters. The van der Waals surface area contributed by atoms with Crippen LogP contribution in [0.25, 0.3) is 11.1 Å². The normalized spacial score (nSPS) is 15.7. The number of hydrogen-bond acceptors (Lipinski definition) is 4. The quantitative estimate of drug-likeness (QED) is 0.695. The van der Waals surface area contributed by atoms with E-state index in [4.69, 9.17) is 4.42 Å². The maximum absolute atomic E-state index is 13.1. The fourth-order valence-corrected chi connectivity index (χ4v) is 3.63. The highest BCUT2D eigenvalue weighted by Gasteiger charge is 2.21. The number of amides is 1. The standard InChI is InChI=1S/C21H22FN3O3/c22-17-8-6-16(7-9-17)14-23-10-3-11-24(13-12-23)20(26)15-25-18-4-1-2-5-19(18)28-21(25)27/h1-2,4-9H,3,10-15H2. The maximum atomic E-state index is 13.1. The van der Waals surface area contributed by atoms with E-state index in [9.17, 15) is 14.0 Å². The van der Waals surface area contributed by atoms with Crippen molar-refractivity contribution in [2.24, 2.45) is 0 Å². The van der Waals surface area contributed by atoms with E-state index in [1.54, 1.807) is 35.2 Å². The zero-order valence-corrected chi connectivity index (χ0v) is 15.5. The lowest BCUT2D eigenvalue weighted by Gasteiger charge is -2.22. The van der Waals surface area contributed by atoms with Gasteiger partial charge in [0.1, 0.15) is 12.4 Å². The Kier molecular flexibility index (Phi) is 5.25. The Bertz CT molecular complexity index is 1030. The third kappa shape index (κ3) is 3.99. The topological polar surface area (TPSA) is 58.7 Å². The minimum Gasteiger partial charge on any atom is -0.408 e. The van der Waals surface area contributed by atoms with Crippen molar-refractivity contribution < 1.29 is 13.6 Å². The molecule has 1 aliphatic rings. The van der Waals surface area contributed by atoms with Crippen LogP contribution in [0.5, 0.6) is 0 Å². The van der Waals surface area contributed by atoms with Crippen LogP contribution in [-0.4, -0.2) is 46.5 Å². The van der Waals surface area contributed by atoms with Crippen molar-refractivity contribution >= 4 is 17.0 Å². The van der Waals surface area contributed by atoms with Crippen molar-refractivity contribution in [3.8, 4) is 0 Å². The van der Waals surface area contributed by atoms with E-state index in [2.05, 4.69) is 4.90 Å². The summed E-state index contributed by atoms with van der Waals surface area (Å²) in [6.07, 6.45) is 0.855. The van der Waals surface area contributed by atoms with Crippen LogP contribution in [0, 0.1) is 5.82 Å². The Labute approximate surface area is 161 Å². The highest BCUT2D eigenvalue weighted by atomic mass is 19.1. The summed E-state index contributed by atoms with van der Waals surface area (Å²) in [7, 11) is 0. The maximum Gasteiger partial charge on any atom is 0.420 e. The number of hydrogen-bond donors (Lipinski definition) is 0. The van der Waals surface area contributed by atoms with Crippen LogP contribution in [-0.2, 0) is 17.9 Å². The molecule has 0 radical (unpaired) electrons. The van der Waals surface area contributed by atoms with Crippen molar-refractivity contribution in [1.82, 2.24) is 14.4 Å². The monoisotopic (exact) mass is 383 g/mol. The Balaban J connectivity index is 1.39. The van der Waals surface area contributed by atoms with Gasteiger partial charge < -0.3 is 9.32 Å². The molecule has 0 spiro atoms. The molecule has 1 fully saturated rings. The van der Waals surface area contributed by atoms with E-state index in [0.717, 1.165) is 31.6 Å². The molecule has 2 heterocycles. The van der Waals surface area contributed by atoms with Gasteiger partial charge in [0.15, 0.2) is 5.58 Å². The summed E-state index contributed by atoms with van der Waals surface area (Å²) < 4.78 is 19.7. The lowest BCUT2D eigenvalue weighted by atomic mass is 10.2. The van der Waals surface area contributed by atoms with Crippen LogP contribution in [0.1, 0.15) is 12.0 Å². The van der Waals surface area contributed by atoms with Gasteiger partial charge in [-0.2, -0.15) is 0 Å². The lowest BCUT2D eigenvalue weighted by Crippen LogP contribution is -2.38. The molecule has 0 N–H and O–H groups in total. The van der Waals surface area contributed by atoms with Gasteiger partial charge in [0, 0.05) is 32.7 Å². The minimum atomic E-state index is -0.512. The fourth-order valence-electron chi connectivity index (χ4n) is 3.63. The second kappa shape index (κ2) is 7.98. The average Bonchev–Trinajstić information content (AvgIpc) is 2.86. The average molecular weight is 383 g/mol. The minimum absolute atomic E-state index is 0.0200. The molecule has 0 bridgehead atoms. The Hall–Kier alpha value is -2.93. The third-order valence-electron chi connectivity index (χ3n) is 5.13. The second-order valence-corrected chi connectivity index (χ2v) is 7.06. The predicted octanol–water partition coefficient (Wildman–Crippen LogP) is 2.47. The number of halogens is 1. The van der Waals surface area contributed by atoms with Gasteiger partial charge in [0.05, 0.1) is 5.52 Å². The number of carbonyl (C=O) groups excluding carboxylic acids is 1. The van der Waals surface area contributed by atoms with E-state index in [0.29, 0.717) is 24.2 Å². The summed E-state index contributed by atoms with van der Waals surface area (Å²) in [5, 5.41) is 0. The molecule has 4 rings (SSSR count). The summed E-state index contributed by atoms with van der Waals surface area (Å²) in [5.74, 6) is -0.835. The van der Waals surface area contributed by atoms with Gasteiger partial charge in [-0.15, -0.1) is 0 Å². The van der Waals surface area contributed by atoms with Crippen molar-refractivity contribution in [3.05, 3.63) is 70.5 Å². The predicted molar refractivity (Wildman–Crippen MR) is 103 cm³/mol.